The van der Waals surface area contributed by atoms with E-state index in [1.54, 1.807) is 32.9 Å². The average Bonchev–Trinajstić information content (AvgIpc) is 2.58. The zero-order valence-corrected chi connectivity index (χ0v) is 14.6. The molecule has 0 aromatic heterocycles. The fourth-order valence-corrected chi connectivity index (χ4v) is 2.11. The van der Waals surface area contributed by atoms with E-state index in [-0.39, 0.29) is 16.7 Å². The normalized spacial score (nSPS) is 10.8. The quantitative estimate of drug-likeness (QED) is 0.652. The Morgan fingerprint density at radius 1 is 0.885 bits per heavy atom. The maximum Gasteiger partial charge on any atom is 0.426 e. The molecule has 6 nitrogen and oxygen atoms in total. The molecule has 0 spiro atoms. The SMILES string of the molecule is CC(C)(C)OC(=O)NNC(=O)c1ccccc1C(=O)c1ccc(F)cc1. The smallest absolute Gasteiger partial charge is 0.426 e. The van der Waals surface area contributed by atoms with Crippen molar-refractivity contribution in [3.8, 4) is 0 Å². The molecule has 0 saturated carbocycles. The topological polar surface area (TPSA) is 84.5 Å². The van der Waals surface area contributed by atoms with E-state index in [9.17, 15) is 18.8 Å². The van der Waals surface area contributed by atoms with Gasteiger partial charge in [0.05, 0.1) is 5.56 Å². The third-order valence-electron chi connectivity index (χ3n) is 3.20. The number of ether oxygens (including phenoxy) is 1. The first-order valence-electron chi connectivity index (χ1n) is 7.86. The maximum atomic E-state index is 13.0. The number of hydrogen-bond donors (Lipinski definition) is 2. The van der Waals surface area contributed by atoms with E-state index in [4.69, 9.17) is 4.74 Å². The van der Waals surface area contributed by atoms with Gasteiger partial charge in [-0.1, -0.05) is 18.2 Å². The molecule has 0 fully saturated rings. The van der Waals surface area contributed by atoms with Crippen molar-refractivity contribution in [1.82, 2.24) is 10.9 Å². The Bertz CT molecular complexity index is 826. The first-order valence-corrected chi connectivity index (χ1v) is 7.86. The lowest BCUT2D eigenvalue weighted by Crippen LogP contribution is -2.44. The molecule has 136 valence electrons. The van der Waals surface area contributed by atoms with Gasteiger partial charge in [-0.15, -0.1) is 0 Å². The van der Waals surface area contributed by atoms with Crippen LogP contribution in [0.15, 0.2) is 48.5 Å². The molecule has 0 aliphatic rings. The minimum absolute atomic E-state index is 0.0675. The molecule has 7 heteroatoms. The summed E-state index contributed by atoms with van der Waals surface area (Å²) in [6.07, 6.45) is -0.826. The van der Waals surface area contributed by atoms with Crippen LogP contribution in [0, 0.1) is 5.82 Å². The minimum atomic E-state index is -0.826. The fraction of sp³-hybridized carbons (Fsp3) is 0.211. The van der Waals surface area contributed by atoms with Crippen molar-refractivity contribution in [2.75, 3.05) is 0 Å². The Labute approximate surface area is 150 Å². The summed E-state index contributed by atoms with van der Waals surface area (Å²) in [6.45, 7) is 5.06. The van der Waals surface area contributed by atoms with Crippen molar-refractivity contribution < 1.29 is 23.5 Å². The standard InChI is InChI=1S/C19H19FN2O4/c1-19(2,3)26-18(25)22-21-17(24)15-7-5-4-6-14(15)16(23)12-8-10-13(20)11-9-12/h4-11H,1-3H3,(H,21,24)(H,22,25). The summed E-state index contributed by atoms with van der Waals surface area (Å²) >= 11 is 0. The number of hydrazine groups is 1. The fourth-order valence-electron chi connectivity index (χ4n) is 2.11. The molecule has 2 N–H and O–H groups in total. The highest BCUT2D eigenvalue weighted by Crippen LogP contribution is 2.15. The highest BCUT2D eigenvalue weighted by Gasteiger charge is 2.20. The molecule has 0 heterocycles. The van der Waals surface area contributed by atoms with Gasteiger partial charge in [0.1, 0.15) is 11.4 Å². The highest BCUT2D eigenvalue weighted by atomic mass is 19.1. The average molecular weight is 358 g/mol. The molecular weight excluding hydrogens is 339 g/mol. The van der Waals surface area contributed by atoms with Crippen LogP contribution in [0.3, 0.4) is 0 Å². The van der Waals surface area contributed by atoms with Gasteiger partial charge in [-0.05, 0) is 51.1 Å². The molecule has 0 radical (unpaired) electrons. The first kappa shape index (κ1) is 19.1. The molecule has 0 aliphatic carbocycles. The molecule has 0 unspecified atom stereocenters. The van der Waals surface area contributed by atoms with Gasteiger partial charge >= 0.3 is 6.09 Å². The van der Waals surface area contributed by atoms with Crippen molar-refractivity contribution in [3.05, 3.63) is 71.0 Å². The number of carbonyl (C=O) groups is 3. The van der Waals surface area contributed by atoms with Crippen LogP contribution in [-0.4, -0.2) is 23.4 Å². The van der Waals surface area contributed by atoms with Crippen LogP contribution in [0.5, 0.6) is 0 Å². The van der Waals surface area contributed by atoms with Crippen LogP contribution < -0.4 is 10.9 Å². The van der Waals surface area contributed by atoms with Crippen LogP contribution in [0.1, 0.15) is 47.1 Å². The Kier molecular flexibility index (Phi) is 5.71. The monoisotopic (exact) mass is 358 g/mol. The molecule has 26 heavy (non-hydrogen) atoms. The molecule has 2 amide bonds. The Hall–Kier alpha value is -3.22. The molecule has 0 saturated heterocycles. The summed E-state index contributed by atoms with van der Waals surface area (Å²) in [7, 11) is 0. The van der Waals surface area contributed by atoms with Gasteiger partial charge in [0.25, 0.3) is 5.91 Å². The second-order valence-corrected chi connectivity index (χ2v) is 6.46. The number of halogens is 1. The van der Waals surface area contributed by atoms with E-state index in [1.165, 1.54) is 36.4 Å². The van der Waals surface area contributed by atoms with E-state index in [1.807, 2.05) is 0 Å². The van der Waals surface area contributed by atoms with Gasteiger partial charge < -0.3 is 4.74 Å². The Morgan fingerprint density at radius 3 is 2.04 bits per heavy atom. The number of carbonyl (C=O) groups excluding carboxylic acids is 3. The van der Waals surface area contributed by atoms with Gasteiger partial charge in [0.2, 0.25) is 0 Å². The van der Waals surface area contributed by atoms with Gasteiger partial charge in [-0.2, -0.15) is 0 Å². The highest BCUT2D eigenvalue weighted by molar-refractivity contribution is 6.15. The largest absolute Gasteiger partial charge is 0.443 e. The second kappa shape index (κ2) is 7.77. The predicted molar refractivity (Wildman–Crippen MR) is 93.1 cm³/mol. The second-order valence-electron chi connectivity index (χ2n) is 6.46. The summed E-state index contributed by atoms with van der Waals surface area (Å²) < 4.78 is 18.0. The lowest BCUT2D eigenvalue weighted by atomic mass is 9.98. The summed E-state index contributed by atoms with van der Waals surface area (Å²) in [5.74, 6) is -1.58. The minimum Gasteiger partial charge on any atom is -0.443 e. The molecule has 0 bridgehead atoms. The molecule has 2 rings (SSSR count). The lowest BCUT2D eigenvalue weighted by Gasteiger charge is -2.19. The van der Waals surface area contributed by atoms with Crippen LogP contribution in [-0.2, 0) is 4.74 Å². The van der Waals surface area contributed by atoms with Gasteiger partial charge in [-0.3, -0.25) is 15.0 Å². The van der Waals surface area contributed by atoms with Crippen LogP contribution in [0.25, 0.3) is 0 Å². The van der Waals surface area contributed by atoms with Crippen molar-refractivity contribution in [3.63, 3.8) is 0 Å². The maximum absolute atomic E-state index is 13.0. The Morgan fingerprint density at radius 2 is 1.46 bits per heavy atom. The lowest BCUT2D eigenvalue weighted by molar-refractivity contribution is 0.0483. The third-order valence-corrected chi connectivity index (χ3v) is 3.20. The number of nitrogens with one attached hydrogen (secondary N) is 2. The van der Waals surface area contributed by atoms with Crippen LogP contribution in [0.2, 0.25) is 0 Å². The van der Waals surface area contributed by atoms with Crippen LogP contribution in [0.4, 0.5) is 9.18 Å². The van der Waals surface area contributed by atoms with E-state index in [2.05, 4.69) is 10.9 Å². The number of hydrogen-bond acceptors (Lipinski definition) is 4. The third kappa shape index (κ3) is 5.14. The van der Waals surface area contributed by atoms with Crippen molar-refractivity contribution in [2.24, 2.45) is 0 Å². The zero-order valence-electron chi connectivity index (χ0n) is 14.6. The number of ketones is 1. The Balaban J connectivity index is 2.15. The molecule has 0 aliphatic heterocycles. The summed E-state index contributed by atoms with van der Waals surface area (Å²) in [4.78, 5) is 36.5. The number of benzene rings is 2. The number of amides is 2. The van der Waals surface area contributed by atoms with E-state index >= 15 is 0 Å². The van der Waals surface area contributed by atoms with Crippen LogP contribution >= 0.6 is 0 Å². The summed E-state index contributed by atoms with van der Waals surface area (Å²) in [5, 5.41) is 0. The molecule has 0 atom stereocenters. The van der Waals surface area contributed by atoms with Gasteiger partial charge in [0, 0.05) is 11.1 Å². The molecule has 2 aromatic rings. The van der Waals surface area contributed by atoms with Crippen molar-refractivity contribution in [1.29, 1.82) is 0 Å². The zero-order chi connectivity index (χ0) is 19.3. The molecule has 2 aromatic carbocycles. The molecular formula is C19H19FN2O4. The van der Waals surface area contributed by atoms with Gasteiger partial charge in [0.15, 0.2) is 5.78 Å². The predicted octanol–water partition coefficient (Wildman–Crippen LogP) is 3.23. The summed E-state index contributed by atoms with van der Waals surface area (Å²) in [5.41, 5.74) is 4.05. The van der Waals surface area contributed by atoms with Gasteiger partial charge in [-0.25, -0.2) is 14.6 Å². The van der Waals surface area contributed by atoms with E-state index < -0.39 is 29.2 Å². The first-order chi connectivity index (χ1) is 12.2. The van der Waals surface area contributed by atoms with Crippen molar-refractivity contribution >= 4 is 17.8 Å². The van der Waals surface area contributed by atoms with Crippen molar-refractivity contribution in [2.45, 2.75) is 26.4 Å². The van der Waals surface area contributed by atoms with E-state index in [0.717, 1.165) is 0 Å². The van der Waals surface area contributed by atoms with E-state index in [0.29, 0.717) is 0 Å². The summed E-state index contributed by atoms with van der Waals surface area (Å²) in [6, 6.07) is 11.1. The number of rotatable bonds is 3.